The Hall–Kier alpha value is -1.96. The number of sulfonamides is 1. The fourth-order valence-corrected chi connectivity index (χ4v) is 3.65. The van der Waals surface area contributed by atoms with Crippen molar-refractivity contribution in [1.29, 1.82) is 0 Å². The summed E-state index contributed by atoms with van der Waals surface area (Å²) in [6.45, 7) is 3.37. The van der Waals surface area contributed by atoms with Crippen LogP contribution < -0.4 is 10.5 Å². The quantitative estimate of drug-likeness (QED) is 0.557. The second-order valence-electron chi connectivity index (χ2n) is 6.11. The van der Waals surface area contributed by atoms with Crippen molar-refractivity contribution in [3.05, 3.63) is 59.4 Å². The molecular formula is C18H24FN3O2S. The number of halogens is 1. The Kier molecular flexibility index (Phi) is 6.52. The third-order valence-corrected chi connectivity index (χ3v) is 5.39. The Labute approximate surface area is 148 Å². The third-order valence-electron chi connectivity index (χ3n) is 3.91. The molecular weight excluding hydrogens is 341 g/mol. The normalized spacial score (nSPS) is 11.8. The van der Waals surface area contributed by atoms with Crippen molar-refractivity contribution in [2.24, 2.45) is 0 Å². The number of aryl methyl sites for hydroxylation is 1. The van der Waals surface area contributed by atoms with Crippen LogP contribution in [-0.4, -0.2) is 33.5 Å². The number of anilines is 1. The van der Waals surface area contributed by atoms with Crippen molar-refractivity contribution in [3.63, 3.8) is 0 Å². The van der Waals surface area contributed by atoms with Crippen LogP contribution in [0.2, 0.25) is 0 Å². The van der Waals surface area contributed by atoms with Gasteiger partial charge in [0.1, 0.15) is 10.7 Å². The minimum atomic E-state index is -3.91. The van der Waals surface area contributed by atoms with Gasteiger partial charge in [0, 0.05) is 18.8 Å². The standard InChI is InChI=1S/C18H24FN3O2S/c1-14-11-16(19)18(12-17(14)20)25(23,24)21-9-6-10-22(2)13-15-7-4-3-5-8-15/h3-5,7-8,11-12,21H,6,9-10,13,20H2,1-2H3. The smallest absolute Gasteiger partial charge is 0.243 e. The lowest BCUT2D eigenvalue weighted by Crippen LogP contribution is -2.29. The first-order valence-electron chi connectivity index (χ1n) is 8.07. The average Bonchev–Trinajstić information content (AvgIpc) is 2.56. The molecule has 25 heavy (non-hydrogen) atoms. The Morgan fingerprint density at radius 3 is 2.56 bits per heavy atom. The van der Waals surface area contributed by atoms with Crippen molar-refractivity contribution in [2.45, 2.75) is 24.8 Å². The summed E-state index contributed by atoms with van der Waals surface area (Å²) in [5, 5.41) is 0. The zero-order chi connectivity index (χ0) is 18.4. The van der Waals surface area contributed by atoms with E-state index in [9.17, 15) is 12.8 Å². The first kappa shape index (κ1) is 19.4. The summed E-state index contributed by atoms with van der Waals surface area (Å²) in [6.07, 6.45) is 0.617. The van der Waals surface area contributed by atoms with Gasteiger partial charge in [0.15, 0.2) is 0 Å². The Morgan fingerprint density at radius 2 is 1.88 bits per heavy atom. The highest BCUT2D eigenvalue weighted by Gasteiger charge is 2.19. The second-order valence-corrected chi connectivity index (χ2v) is 7.85. The van der Waals surface area contributed by atoms with Gasteiger partial charge in [-0.1, -0.05) is 30.3 Å². The molecule has 0 spiro atoms. The summed E-state index contributed by atoms with van der Waals surface area (Å²) < 4.78 is 40.8. The minimum absolute atomic E-state index is 0.231. The molecule has 0 fully saturated rings. The summed E-state index contributed by atoms with van der Waals surface area (Å²) in [4.78, 5) is 1.70. The van der Waals surface area contributed by atoms with Gasteiger partial charge in [0.05, 0.1) is 0 Å². The number of nitrogens with two attached hydrogens (primary N) is 1. The molecule has 5 nitrogen and oxygen atoms in total. The van der Waals surface area contributed by atoms with Gasteiger partial charge in [-0.05, 0) is 50.2 Å². The summed E-state index contributed by atoms with van der Waals surface area (Å²) in [6, 6.07) is 12.3. The van der Waals surface area contributed by atoms with E-state index in [0.29, 0.717) is 12.0 Å². The lowest BCUT2D eigenvalue weighted by Gasteiger charge is -2.17. The highest BCUT2D eigenvalue weighted by molar-refractivity contribution is 7.89. The minimum Gasteiger partial charge on any atom is -0.398 e. The SMILES string of the molecule is Cc1cc(F)c(S(=O)(=O)NCCCN(C)Cc2ccccc2)cc1N. The lowest BCUT2D eigenvalue weighted by molar-refractivity contribution is 0.322. The Bertz CT molecular complexity index is 811. The van der Waals surface area contributed by atoms with Gasteiger partial charge < -0.3 is 10.6 Å². The van der Waals surface area contributed by atoms with Crippen molar-refractivity contribution in [2.75, 3.05) is 25.9 Å². The summed E-state index contributed by atoms with van der Waals surface area (Å²) in [5.74, 6) is -0.791. The molecule has 0 saturated heterocycles. The lowest BCUT2D eigenvalue weighted by atomic mass is 10.2. The molecule has 0 atom stereocenters. The van der Waals surface area contributed by atoms with Crippen LogP contribution in [-0.2, 0) is 16.6 Å². The first-order valence-corrected chi connectivity index (χ1v) is 9.55. The van der Waals surface area contributed by atoms with E-state index < -0.39 is 20.7 Å². The molecule has 3 N–H and O–H groups in total. The number of hydrogen-bond donors (Lipinski definition) is 2. The molecule has 0 radical (unpaired) electrons. The Morgan fingerprint density at radius 1 is 1.20 bits per heavy atom. The van der Waals surface area contributed by atoms with Crippen LogP contribution in [0.3, 0.4) is 0 Å². The highest BCUT2D eigenvalue weighted by atomic mass is 32.2. The molecule has 2 aromatic rings. The molecule has 136 valence electrons. The van der Waals surface area contributed by atoms with Crippen LogP contribution in [0.1, 0.15) is 17.5 Å². The zero-order valence-electron chi connectivity index (χ0n) is 14.5. The number of nitrogen functional groups attached to an aromatic ring is 1. The maximum Gasteiger partial charge on any atom is 0.243 e. The van der Waals surface area contributed by atoms with E-state index in [1.54, 1.807) is 6.92 Å². The summed E-state index contributed by atoms with van der Waals surface area (Å²) in [7, 11) is -1.94. The molecule has 0 unspecified atom stereocenters. The monoisotopic (exact) mass is 365 g/mol. The summed E-state index contributed by atoms with van der Waals surface area (Å²) >= 11 is 0. The van der Waals surface area contributed by atoms with Crippen LogP contribution in [0, 0.1) is 12.7 Å². The number of rotatable bonds is 8. The molecule has 0 aliphatic carbocycles. The predicted molar refractivity (Wildman–Crippen MR) is 98.1 cm³/mol. The van der Waals surface area contributed by atoms with Crippen LogP contribution in [0.15, 0.2) is 47.4 Å². The molecule has 0 bridgehead atoms. The molecule has 0 heterocycles. The fraction of sp³-hybridized carbons (Fsp3) is 0.333. The maximum atomic E-state index is 13.9. The molecule has 0 amide bonds. The largest absolute Gasteiger partial charge is 0.398 e. The van der Waals surface area contributed by atoms with Gasteiger partial charge in [-0.3, -0.25) is 0 Å². The molecule has 0 aromatic heterocycles. The van der Waals surface area contributed by atoms with Crippen molar-refractivity contribution in [3.8, 4) is 0 Å². The molecule has 7 heteroatoms. The van der Waals surface area contributed by atoms with Crippen LogP contribution in [0.25, 0.3) is 0 Å². The van der Waals surface area contributed by atoms with E-state index in [-0.39, 0.29) is 12.2 Å². The maximum absolute atomic E-state index is 13.9. The van der Waals surface area contributed by atoms with Gasteiger partial charge in [0.2, 0.25) is 10.0 Å². The van der Waals surface area contributed by atoms with E-state index in [1.165, 1.54) is 5.56 Å². The van der Waals surface area contributed by atoms with Gasteiger partial charge in [-0.25, -0.2) is 17.5 Å². The third kappa shape index (κ3) is 5.52. The first-order chi connectivity index (χ1) is 11.8. The topological polar surface area (TPSA) is 75.4 Å². The molecule has 0 saturated carbocycles. The van der Waals surface area contributed by atoms with E-state index in [0.717, 1.165) is 25.2 Å². The molecule has 0 aliphatic heterocycles. The zero-order valence-corrected chi connectivity index (χ0v) is 15.3. The van der Waals surface area contributed by atoms with Crippen LogP contribution >= 0.6 is 0 Å². The van der Waals surface area contributed by atoms with Gasteiger partial charge >= 0.3 is 0 Å². The fourth-order valence-electron chi connectivity index (χ4n) is 2.48. The average molecular weight is 365 g/mol. The Balaban J connectivity index is 1.85. The van der Waals surface area contributed by atoms with Crippen LogP contribution in [0.4, 0.5) is 10.1 Å². The number of nitrogens with zero attached hydrogens (tertiary/aromatic N) is 1. The number of nitrogens with one attached hydrogen (secondary N) is 1. The highest BCUT2D eigenvalue weighted by Crippen LogP contribution is 2.21. The van der Waals surface area contributed by atoms with Crippen molar-refractivity contribution < 1.29 is 12.8 Å². The van der Waals surface area contributed by atoms with E-state index in [4.69, 9.17) is 5.73 Å². The van der Waals surface area contributed by atoms with Gasteiger partial charge in [-0.15, -0.1) is 0 Å². The predicted octanol–water partition coefficient (Wildman–Crippen LogP) is 2.52. The molecule has 0 aliphatic rings. The van der Waals surface area contributed by atoms with Crippen LogP contribution in [0.5, 0.6) is 0 Å². The molecule has 2 rings (SSSR count). The van der Waals surface area contributed by atoms with Crippen molar-refractivity contribution in [1.82, 2.24) is 9.62 Å². The van der Waals surface area contributed by atoms with E-state index in [1.807, 2.05) is 37.4 Å². The molecule has 2 aromatic carbocycles. The van der Waals surface area contributed by atoms with Crippen molar-refractivity contribution >= 4 is 15.7 Å². The van der Waals surface area contributed by atoms with Gasteiger partial charge in [0.25, 0.3) is 0 Å². The number of hydrogen-bond acceptors (Lipinski definition) is 4. The summed E-state index contributed by atoms with van der Waals surface area (Å²) in [5.41, 5.74) is 7.65. The van der Waals surface area contributed by atoms with E-state index in [2.05, 4.69) is 9.62 Å². The number of benzene rings is 2. The van der Waals surface area contributed by atoms with Gasteiger partial charge in [-0.2, -0.15) is 0 Å². The van der Waals surface area contributed by atoms with E-state index >= 15 is 0 Å². The second kappa shape index (κ2) is 8.42.